The summed E-state index contributed by atoms with van der Waals surface area (Å²) in [6, 6.07) is 4.23. The van der Waals surface area contributed by atoms with Crippen molar-refractivity contribution < 1.29 is 4.74 Å². The largest absolute Gasteiger partial charge is 0.494 e. The minimum Gasteiger partial charge on any atom is -0.494 e. The van der Waals surface area contributed by atoms with Crippen LogP contribution in [0.5, 0.6) is 5.75 Å². The minimum atomic E-state index is 0.519. The quantitative estimate of drug-likeness (QED) is 0.905. The molecule has 1 aliphatic heterocycles. The number of rotatable bonds is 3. The summed E-state index contributed by atoms with van der Waals surface area (Å²) in [7, 11) is 1.56. The predicted molar refractivity (Wildman–Crippen MR) is 72.4 cm³/mol. The van der Waals surface area contributed by atoms with E-state index in [1.807, 2.05) is 23.9 Å². The maximum atomic E-state index is 6.07. The molecule has 16 heavy (non-hydrogen) atoms. The van der Waals surface area contributed by atoms with E-state index >= 15 is 0 Å². The average Bonchev–Trinajstić information content (AvgIpc) is 2.70. The molecule has 1 atom stereocenters. The zero-order chi connectivity index (χ0) is 11.5. The van der Waals surface area contributed by atoms with Gasteiger partial charge in [-0.05, 0) is 24.3 Å². The van der Waals surface area contributed by atoms with E-state index in [1.54, 1.807) is 7.11 Å². The molecule has 0 radical (unpaired) electrons. The number of benzene rings is 1. The Bertz CT molecular complexity index is 357. The maximum Gasteiger partial charge on any atom is 0.156 e. The molecule has 1 aliphatic rings. The Balaban J connectivity index is 2.15. The van der Waals surface area contributed by atoms with Gasteiger partial charge in [0, 0.05) is 17.5 Å². The molecule has 0 spiro atoms. The van der Waals surface area contributed by atoms with Gasteiger partial charge in [0.05, 0.1) is 17.2 Å². The lowest BCUT2D eigenvalue weighted by atomic mass is 10.2. The van der Waals surface area contributed by atoms with Gasteiger partial charge in [0.15, 0.2) is 5.75 Å². The van der Waals surface area contributed by atoms with E-state index < -0.39 is 0 Å². The first-order valence-corrected chi connectivity index (χ1v) is 6.99. The van der Waals surface area contributed by atoms with Gasteiger partial charge in [-0.3, -0.25) is 0 Å². The van der Waals surface area contributed by atoms with Crippen molar-refractivity contribution in [3.63, 3.8) is 0 Å². The zero-order valence-electron chi connectivity index (χ0n) is 8.93. The molecule has 0 amide bonds. The first kappa shape index (κ1) is 12.2. The van der Waals surface area contributed by atoms with Gasteiger partial charge in [0.1, 0.15) is 0 Å². The Morgan fingerprint density at radius 2 is 2.06 bits per heavy atom. The normalized spacial score (nSPS) is 19.8. The molecule has 2 nitrogen and oxygen atoms in total. The molecular formula is C11H13Cl2NOS. The molecule has 0 aromatic heterocycles. The summed E-state index contributed by atoms with van der Waals surface area (Å²) in [5, 5.41) is 4.52. The average molecular weight is 278 g/mol. The van der Waals surface area contributed by atoms with E-state index in [0.29, 0.717) is 21.8 Å². The molecule has 1 saturated heterocycles. The molecule has 0 aliphatic carbocycles. The number of nitrogens with one attached hydrogen (secondary N) is 1. The molecule has 1 heterocycles. The lowest BCUT2D eigenvalue weighted by molar-refractivity contribution is 0.415. The summed E-state index contributed by atoms with van der Waals surface area (Å²) in [5.41, 5.74) is 0.961. The standard InChI is InChI=1S/C11H13Cl2NOS/c1-15-11-9(12)4-8(5-10(11)13)14-7-2-3-16-6-7/h4-5,7,14H,2-3,6H2,1H3. The summed E-state index contributed by atoms with van der Waals surface area (Å²) >= 11 is 14.1. The smallest absolute Gasteiger partial charge is 0.156 e. The summed E-state index contributed by atoms with van der Waals surface area (Å²) < 4.78 is 5.10. The number of methoxy groups -OCH3 is 1. The van der Waals surface area contributed by atoms with Gasteiger partial charge >= 0.3 is 0 Å². The second-order valence-electron chi connectivity index (χ2n) is 3.68. The minimum absolute atomic E-state index is 0.519. The second kappa shape index (κ2) is 5.39. The number of thioether (sulfide) groups is 1. The lowest BCUT2D eigenvalue weighted by Crippen LogP contribution is -2.17. The molecule has 1 unspecified atom stereocenters. The van der Waals surface area contributed by atoms with Crippen molar-refractivity contribution in [1.29, 1.82) is 0 Å². The second-order valence-corrected chi connectivity index (χ2v) is 5.64. The van der Waals surface area contributed by atoms with Gasteiger partial charge < -0.3 is 10.1 Å². The van der Waals surface area contributed by atoms with Crippen molar-refractivity contribution in [3.8, 4) is 5.75 Å². The predicted octanol–water partition coefficient (Wildman–Crippen LogP) is 3.92. The SMILES string of the molecule is COc1c(Cl)cc(NC2CCSC2)cc1Cl. The van der Waals surface area contributed by atoms with Crippen molar-refractivity contribution in [2.24, 2.45) is 0 Å². The molecule has 2 rings (SSSR count). The van der Waals surface area contributed by atoms with Crippen molar-refractivity contribution in [2.75, 3.05) is 23.9 Å². The molecule has 0 saturated carbocycles. The van der Waals surface area contributed by atoms with Crippen LogP contribution < -0.4 is 10.1 Å². The van der Waals surface area contributed by atoms with Crippen LogP contribution in [-0.4, -0.2) is 24.7 Å². The van der Waals surface area contributed by atoms with E-state index in [0.717, 1.165) is 11.4 Å². The van der Waals surface area contributed by atoms with Crippen LogP contribution in [0.15, 0.2) is 12.1 Å². The maximum absolute atomic E-state index is 6.07. The van der Waals surface area contributed by atoms with Crippen molar-refractivity contribution in [1.82, 2.24) is 0 Å². The van der Waals surface area contributed by atoms with E-state index in [4.69, 9.17) is 27.9 Å². The Hall–Kier alpha value is -0.250. The third-order valence-corrected chi connectivity index (χ3v) is 4.23. The topological polar surface area (TPSA) is 21.3 Å². The molecule has 1 N–H and O–H groups in total. The first-order chi connectivity index (χ1) is 7.70. The highest BCUT2D eigenvalue weighted by Crippen LogP contribution is 2.36. The van der Waals surface area contributed by atoms with Crippen molar-refractivity contribution in [2.45, 2.75) is 12.5 Å². The summed E-state index contributed by atoms with van der Waals surface area (Å²) in [5.74, 6) is 2.89. The van der Waals surface area contributed by atoms with Gasteiger partial charge in [-0.1, -0.05) is 23.2 Å². The monoisotopic (exact) mass is 277 g/mol. The van der Waals surface area contributed by atoms with Gasteiger partial charge in [-0.15, -0.1) is 0 Å². The molecule has 88 valence electrons. The first-order valence-electron chi connectivity index (χ1n) is 5.08. The highest BCUT2D eigenvalue weighted by Gasteiger charge is 2.16. The fourth-order valence-corrected chi connectivity index (χ4v) is 3.52. The Labute approximate surface area is 110 Å². The van der Waals surface area contributed by atoms with Crippen LogP contribution in [0.3, 0.4) is 0 Å². The fourth-order valence-electron chi connectivity index (χ4n) is 1.72. The van der Waals surface area contributed by atoms with Crippen LogP contribution in [0, 0.1) is 0 Å². The fraction of sp³-hybridized carbons (Fsp3) is 0.455. The number of halogens is 2. The third kappa shape index (κ3) is 2.70. The summed E-state index contributed by atoms with van der Waals surface area (Å²) in [6.07, 6.45) is 1.19. The van der Waals surface area contributed by atoms with E-state index in [-0.39, 0.29) is 0 Å². The van der Waals surface area contributed by atoms with Crippen molar-refractivity contribution in [3.05, 3.63) is 22.2 Å². The molecule has 1 fully saturated rings. The number of hydrogen-bond donors (Lipinski definition) is 1. The van der Waals surface area contributed by atoms with Crippen molar-refractivity contribution >= 4 is 40.7 Å². The van der Waals surface area contributed by atoms with Gasteiger partial charge in [-0.25, -0.2) is 0 Å². The van der Waals surface area contributed by atoms with Crippen LogP contribution in [0.2, 0.25) is 10.0 Å². The summed E-state index contributed by atoms with van der Waals surface area (Å²) in [4.78, 5) is 0. The highest BCUT2D eigenvalue weighted by molar-refractivity contribution is 7.99. The molecular weight excluding hydrogens is 265 g/mol. The van der Waals surface area contributed by atoms with Crippen LogP contribution in [0.1, 0.15) is 6.42 Å². The van der Waals surface area contributed by atoms with Gasteiger partial charge in [-0.2, -0.15) is 11.8 Å². The van der Waals surface area contributed by atoms with E-state index in [1.165, 1.54) is 12.2 Å². The lowest BCUT2D eigenvalue weighted by Gasteiger charge is -2.15. The van der Waals surface area contributed by atoms with E-state index in [2.05, 4.69) is 5.32 Å². The molecule has 1 aromatic rings. The highest BCUT2D eigenvalue weighted by atomic mass is 35.5. The number of hydrogen-bond acceptors (Lipinski definition) is 3. The van der Waals surface area contributed by atoms with Gasteiger partial charge in [0.25, 0.3) is 0 Å². The van der Waals surface area contributed by atoms with E-state index in [9.17, 15) is 0 Å². The molecule has 1 aromatic carbocycles. The van der Waals surface area contributed by atoms with Crippen LogP contribution >= 0.6 is 35.0 Å². The zero-order valence-corrected chi connectivity index (χ0v) is 11.3. The number of anilines is 1. The van der Waals surface area contributed by atoms with Gasteiger partial charge in [0.2, 0.25) is 0 Å². The van der Waals surface area contributed by atoms with Crippen LogP contribution in [0.25, 0.3) is 0 Å². The molecule has 5 heteroatoms. The van der Waals surface area contributed by atoms with Crippen LogP contribution in [-0.2, 0) is 0 Å². The Morgan fingerprint density at radius 1 is 1.38 bits per heavy atom. The van der Waals surface area contributed by atoms with Crippen LogP contribution in [0.4, 0.5) is 5.69 Å². The Kier molecular flexibility index (Phi) is 4.11. The number of ether oxygens (including phenoxy) is 1. The third-order valence-electron chi connectivity index (χ3n) is 2.50. The summed E-state index contributed by atoms with van der Waals surface area (Å²) in [6.45, 7) is 0. The molecule has 0 bridgehead atoms. The Morgan fingerprint density at radius 3 is 2.56 bits per heavy atom.